The van der Waals surface area contributed by atoms with E-state index in [1.165, 1.54) is 12.3 Å². The molecule has 0 bridgehead atoms. The number of hydrogen-bond donors (Lipinski definition) is 2. The number of fused-ring (bicyclic) bond motifs is 3. The van der Waals surface area contributed by atoms with Crippen LogP contribution in [0.3, 0.4) is 0 Å². The molecule has 17 heavy (non-hydrogen) atoms. The number of aromatic carboxylic acids is 1. The summed E-state index contributed by atoms with van der Waals surface area (Å²) in [7, 11) is 0. The van der Waals surface area contributed by atoms with Crippen molar-refractivity contribution in [3.63, 3.8) is 0 Å². The Labute approximate surface area is 95.7 Å². The van der Waals surface area contributed by atoms with Gasteiger partial charge in [0.25, 0.3) is 0 Å². The summed E-state index contributed by atoms with van der Waals surface area (Å²) in [6, 6.07) is 8.59. The third kappa shape index (κ3) is 1.27. The van der Waals surface area contributed by atoms with Gasteiger partial charge in [-0.05, 0) is 11.5 Å². The molecular weight excluding hydrogens is 220 g/mol. The summed E-state index contributed by atoms with van der Waals surface area (Å²) < 4.78 is 5.03. The largest absolute Gasteiger partial charge is 0.507 e. The Hall–Kier alpha value is -2.49. The van der Waals surface area contributed by atoms with Gasteiger partial charge in [0.2, 0.25) is 5.76 Å². The van der Waals surface area contributed by atoms with E-state index in [0.29, 0.717) is 21.5 Å². The smallest absolute Gasteiger partial charge is 0.372 e. The number of hydrogen-bond acceptors (Lipinski definition) is 3. The summed E-state index contributed by atoms with van der Waals surface area (Å²) in [6.07, 6.45) is 1.34. The Bertz CT molecular complexity index is 740. The fourth-order valence-corrected chi connectivity index (χ4v) is 2.06. The van der Waals surface area contributed by atoms with Crippen molar-refractivity contribution in [2.45, 2.75) is 0 Å². The number of aromatic hydroxyl groups is 1. The highest BCUT2D eigenvalue weighted by Crippen LogP contribution is 2.35. The molecule has 3 aromatic rings. The first-order valence-corrected chi connectivity index (χ1v) is 5.03. The Morgan fingerprint density at radius 1 is 1.18 bits per heavy atom. The monoisotopic (exact) mass is 228 g/mol. The topological polar surface area (TPSA) is 70.7 Å². The van der Waals surface area contributed by atoms with Gasteiger partial charge in [-0.15, -0.1) is 0 Å². The zero-order valence-corrected chi connectivity index (χ0v) is 8.68. The van der Waals surface area contributed by atoms with Crippen molar-refractivity contribution in [1.29, 1.82) is 0 Å². The van der Waals surface area contributed by atoms with Gasteiger partial charge in [0.15, 0.2) is 0 Å². The third-order valence-corrected chi connectivity index (χ3v) is 2.78. The molecule has 0 fully saturated rings. The molecule has 0 unspecified atom stereocenters. The summed E-state index contributed by atoms with van der Waals surface area (Å²) >= 11 is 0. The average molecular weight is 228 g/mol. The molecule has 0 atom stereocenters. The van der Waals surface area contributed by atoms with Crippen molar-refractivity contribution in [3.05, 3.63) is 42.4 Å². The molecule has 1 aromatic heterocycles. The summed E-state index contributed by atoms with van der Waals surface area (Å²) in [5.74, 6) is -1.10. The summed E-state index contributed by atoms with van der Waals surface area (Å²) in [5.41, 5.74) is 0. The van der Waals surface area contributed by atoms with E-state index in [4.69, 9.17) is 9.52 Å². The molecule has 2 N–H and O–H groups in total. The SMILES string of the molecule is O=C(O)c1occ2cc(O)c3ccccc3c12. The van der Waals surface area contributed by atoms with E-state index in [1.807, 2.05) is 0 Å². The molecule has 0 aliphatic rings. The minimum Gasteiger partial charge on any atom is -0.507 e. The third-order valence-electron chi connectivity index (χ3n) is 2.78. The van der Waals surface area contributed by atoms with Crippen LogP contribution in [0.25, 0.3) is 21.5 Å². The lowest BCUT2D eigenvalue weighted by Gasteiger charge is -2.02. The quantitative estimate of drug-likeness (QED) is 0.671. The number of furan rings is 1. The standard InChI is InChI=1S/C13H8O4/c14-10-5-7-6-17-12(13(15)16)11(7)9-4-2-1-3-8(9)10/h1-6,14H,(H,15,16). The van der Waals surface area contributed by atoms with Gasteiger partial charge in [0.1, 0.15) is 5.75 Å². The van der Waals surface area contributed by atoms with E-state index >= 15 is 0 Å². The predicted molar refractivity (Wildman–Crippen MR) is 62.3 cm³/mol. The first kappa shape index (κ1) is 9.72. The van der Waals surface area contributed by atoms with Crippen LogP contribution in [0.1, 0.15) is 10.6 Å². The van der Waals surface area contributed by atoms with Crippen molar-refractivity contribution in [1.82, 2.24) is 0 Å². The molecule has 0 saturated heterocycles. The second kappa shape index (κ2) is 3.25. The first-order chi connectivity index (χ1) is 8.18. The molecule has 3 rings (SSSR count). The number of benzene rings is 2. The van der Waals surface area contributed by atoms with Gasteiger partial charge in [-0.3, -0.25) is 0 Å². The van der Waals surface area contributed by atoms with E-state index in [9.17, 15) is 9.90 Å². The predicted octanol–water partition coefficient (Wildman–Crippen LogP) is 2.99. The van der Waals surface area contributed by atoms with Crippen molar-refractivity contribution in [2.75, 3.05) is 0 Å². The van der Waals surface area contributed by atoms with Gasteiger partial charge in [0, 0.05) is 16.2 Å². The van der Waals surface area contributed by atoms with Crippen molar-refractivity contribution in [2.24, 2.45) is 0 Å². The van der Waals surface area contributed by atoms with Gasteiger partial charge in [-0.25, -0.2) is 4.79 Å². The zero-order chi connectivity index (χ0) is 12.0. The number of rotatable bonds is 1. The lowest BCUT2D eigenvalue weighted by molar-refractivity contribution is 0.0665. The number of carboxylic acids is 1. The minimum atomic E-state index is -1.11. The minimum absolute atomic E-state index is 0.101. The van der Waals surface area contributed by atoms with E-state index in [2.05, 4.69) is 0 Å². The maximum atomic E-state index is 11.0. The molecule has 0 aliphatic heterocycles. The summed E-state index contributed by atoms with van der Waals surface area (Å²) in [4.78, 5) is 11.0. The molecule has 0 spiro atoms. The summed E-state index contributed by atoms with van der Waals surface area (Å²) in [5, 5.41) is 21.3. The van der Waals surface area contributed by atoms with Crippen LogP contribution in [0.5, 0.6) is 5.75 Å². The summed E-state index contributed by atoms with van der Waals surface area (Å²) in [6.45, 7) is 0. The van der Waals surface area contributed by atoms with E-state index in [1.54, 1.807) is 24.3 Å². The van der Waals surface area contributed by atoms with Gasteiger partial charge in [-0.2, -0.15) is 0 Å². The molecule has 84 valence electrons. The Morgan fingerprint density at radius 2 is 1.88 bits per heavy atom. The molecule has 4 nitrogen and oxygen atoms in total. The molecule has 0 aliphatic carbocycles. The van der Waals surface area contributed by atoms with Crippen LogP contribution in [-0.4, -0.2) is 16.2 Å². The van der Waals surface area contributed by atoms with Gasteiger partial charge in [0.05, 0.1) is 6.26 Å². The normalized spacial score (nSPS) is 11.1. The van der Waals surface area contributed by atoms with Gasteiger partial charge < -0.3 is 14.6 Å². The molecular formula is C13H8O4. The highest BCUT2D eigenvalue weighted by atomic mass is 16.4. The fraction of sp³-hybridized carbons (Fsp3) is 0. The molecule has 0 amide bonds. The number of phenols is 1. The van der Waals surface area contributed by atoms with Gasteiger partial charge >= 0.3 is 5.97 Å². The first-order valence-electron chi connectivity index (χ1n) is 5.03. The Kier molecular flexibility index (Phi) is 1.86. The molecule has 4 heteroatoms. The number of phenolic OH excluding ortho intramolecular Hbond substituents is 1. The van der Waals surface area contributed by atoms with Crippen molar-refractivity contribution < 1.29 is 19.4 Å². The maximum Gasteiger partial charge on any atom is 0.372 e. The van der Waals surface area contributed by atoms with Crippen LogP contribution < -0.4 is 0 Å². The van der Waals surface area contributed by atoms with Crippen LogP contribution in [0.2, 0.25) is 0 Å². The molecule has 1 heterocycles. The highest BCUT2D eigenvalue weighted by Gasteiger charge is 2.17. The Morgan fingerprint density at radius 3 is 2.59 bits per heavy atom. The van der Waals surface area contributed by atoms with Crippen molar-refractivity contribution in [3.8, 4) is 5.75 Å². The van der Waals surface area contributed by atoms with Crippen LogP contribution in [0.4, 0.5) is 0 Å². The van der Waals surface area contributed by atoms with E-state index in [-0.39, 0.29) is 11.5 Å². The highest BCUT2D eigenvalue weighted by molar-refractivity contribution is 6.16. The van der Waals surface area contributed by atoms with Gasteiger partial charge in [-0.1, -0.05) is 24.3 Å². The Balaban J connectivity index is 2.59. The van der Waals surface area contributed by atoms with Crippen LogP contribution in [0.15, 0.2) is 41.0 Å². The van der Waals surface area contributed by atoms with E-state index in [0.717, 1.165) is 0 Å². The van der Waals surface area contributed by atoms with E-state index < -0.39 is 5.97 Å². The second-order valence-corrected chi connectivity index (χ2v) is 3.78. The zero-order valence-electron chi connectivity index (χ0n) is 8.68. The number of carbonyl (C=O) groups is 1. The lowest BCUT2D eigenvalue weighted by Crippen LogP contribution is -1.94. The molecule has 0 radical (unpaired) electrons. The fourth-order valence-electron chi connectivity index (χ4n) is 2.06. The van der Waals surface area contributed by atoms with Crippen molar-refractivity contribution >= 4 is 27.5 Å². The second-order valence-electron chi connectivity index (χ2n) is 3.78. The molecule has 0 saturated carbocycles. The maximum absolute atomic E-state index is 11.0. The van der Waals surface area contributed by atoms with Crippen LogP contribution in [-0.2, 0) is 0 Å². The number of carboxylic acid groups (broad SMARTS) is 1. The van der Waals surface area contributed by atoms with Crippen LogP contribution >= 0.6 is 0 Å². The lowest BCUT2D eigenvalue weighted by atomic mass is 10.0. The molecule has 2 aromatic carbocycles. The van der Waals surface area contributed by atoms with Crippen LogP contribution in [0, 0.1) is 0 Å². The average Bonchev–Trinajstić information content (AvgIpc) is 2.73.